The maximum Gasteiger partial charge on any atom is 0.514 e. The van der Waals surface area contributed by atoms with Crippen molar-refractivity contribution < 1.29 is 46.8 Å². The van der Waals surface area contributed by atoms with Gasteiger partial charge in [0.2, 0.25) is 10.0 Å². The predicted molar refractivity (Wildman–Crippen MR) is 173 cm³/mol. The molecule has 1 heterocycles. The Bertz CT molecular complexity index is 1700. The number of carbonyl (C=O) groups excluding carboxylic acids is 2. The Morgan fingerprint density at radius 1 is 0.939 bits per heavy atom. The smallest absolute Gasteiger partial charge is 0.444 e. The van der Waals surface area contributed by atoms with Crippen molar-refractivity contribution in [1.82, 2.24) is 9.62 Å². The van der Waals surface area contributed by atoms with Crippen LogP contribution in [-0.2, 0) is 30.7 Å². The van der Waals surface area contributed by atoms with Gasteiger partial charge in [-0.25, -0.2) is 18.0 Å². The molecule has 1 aliphatic rings. The van der Waals surface area contributed by atoms with E-state index in [9.17, 15) is 38.2 Å². The van der Waals surface area contributed by atoms with Crippen molar-refractivity contribution in [2.45, 2.75) is 49.8 Å². The highest BCUT2D eigenvalue weighted by Gasteiger charge is 2.36. The number of amides is 1. The summed E-state index contributed by atoms with van der Waals surface area (Å²) in [6.45, 7) is 3.63. The summed E-state index contributed by atoms with van der Waals surface area (Å²) in [5, 5.41) is 25.0. The molecule has 0 unspecified atom stereocenters. The lowest BCUT2D eigenvalue weighted by molar-refractivity contribution is -0.385. The van der Waals surface area contributed by atoms with E-state index < -0.39 is 56.9 Å². The molecule has 0 bridgehead atoms. The fourth-order valence-electron chi connectivity index (χ4n) is 4.98. The molecule has 3 aromatic rings. The number of hydrogen-bond acceptors (Lipinski definition) is 12. The van der Waals surface area contributed by atoms with Crippen LogP contribution in [0, 0.1) is 26.1 Å². The van der Waals surface area contributed by atoms with Crippen LogP contribution < -0.4 is 10.1 Å². The van der Waals surface area contributed by atoms with E-state index in [1.54, 1.807) is 44.2 Å². The van der Waals surface area contributed by atoms with E-state index in [1.807, 2.05) is 0 Å². The summed E-state index contributed by atoms with van der Waals surface area (Å²) in [5.41, 5.74) is 0.170. The molecule has 16 nitrogen and oxygen atoms in total. The van der Waals surface area contributed by atoms with Gasteiger partial charge in [-0.15, -0.1) is 0 Å². The first-order chi connectivity index (χ1) is 23.3. The van der Waals surface area contributed by atoms with E-state index in [2.05, 4.69) is 5.32 Å². The Kier molecular flexibility index (Phi) is 12.6. The summed E-state index contributed by atoms with van der Waals surface area (Å²) in [4.78, 5) is 47.1. The van der Waals surface area contributed by atoms with Crippen molar-refractivity contribution in [1.29, 1.82) is 0 Å². The van der Waals surface area contributed by atoms with E-state index in [4.69, 9.17) is 18.9 Å². The van der Waals surface area contributed by atoms with E-state index >= 15 is 0 Å². The lowest BCUT2D eigenvalue weighted by Gasteiger charge is -2.32. The monoisotopic (exact) mass is 700 g/mol. The summed E-state index contributed by atoms with van der Waals surface area (Å²) in [6, 6.07) is 16.8. The highest BCUT2D eigenvalue weighted by molar-refractivity contribution is 7.89. The molecule has 1 fully saturated rings. The van der Waals surface area contributed by atoms with Gasteiger partial charge in [0.05, 0.1) is 40.5 Å². The number of carbonyl (C=O) groups is 2. The lowest BCUT2D eigenvalue weighted by atomic mass is 10.0. The molecule has 0 spiro atoms. The van der Waals surface area contributed by atoms with Crippen molar-refractivity contribution in [3.05, 3.63) is 105 Å². The number of nitro benzene ring substituents is 2. The van der Waals surface area contributed by atoms with Gasteiger partial charge in [0.15, 0.2) is 0 Å². The number of non-ortho nitro benzene ring substituents is 2. The van der Waals surface area contributed by atoms with Gasteiger partial charge in [-0.05, 0) is 42.2 Å². The minimum atomic E-state index is -4.34. The molecule has 0 saturated carbocycles. The molecule has 1 N–H and O–H groups in total. The van der Waals surface area contributed by atoms with Crippen LogP contribution in [0.2, 0.25) is 0 Å². The van der Waals surface area contributed by atoms with Gasteiger partial charge in [0.25, 0.3) is 11.4 Å². The highest BCUT2D eigenvalue weighted by Crippen LogP contribution is 2.24. The maximum atomic E-state index is 14.0. The molecule has 0 aromatic heterocycles. The second kappa shape index (κ2) is 16.8. The summed E-state index contributed by atoms with van der Waals surface area (Å²) in [5.74, 6) is -0.312. The SMILES string of the molecule is CC(C)CN(C[C@@H](OC(=O)Oc1ccc([N+](=O)[O-])cc1)[C@H](Cc1ccccc1)NC(=O)O[C@H]1CCOC1)S(=O)(=O)c1ccc([N+](=O)[O-])cc1. The van der Waals surface area contributed by atoms with Crippen LogP contribution in [0.1, 0.15) is 25.8 Å². The predicted octanol–water partition coefficient (Wildman–Crippen LogP) is 4.86. The van der Waals surface area contributed by atoms with Crippen molar-refractivity contribution in [3.63, 3.8) is 0 Å². The Labute approximate surface area is 282 Å². The van der Waals surface area contributed by atoms with Gasteiger partial charge in [-0.2, -0.15) is 4.31 Å². The Morgan fingerprint density at radius 3 is 2.10 bits per heavy atom. The number of rotatable bonds is 15. The Balaban J connectivity index is 1.69. The number of nitro groups is 2. The van der Waals surface area contributed by atoms with Crippen LogP contribution in [0.15, 0.2) is 83.8 Å². The quantitative estimate of drug-likeness (QED) is 0.0976. The van der Waals surface area contributed by atoms with E-state index in [0.29, 0.717) is 18.6 Å². The number of alkyl carbamates (subject to hydrolysis) is 1. The van der Waals surface area contributed by atoms with Gasteiger partial charge < -0.3 is 24.3 Å². The van der Waals surface area contributed by atoms with E-state index in [-0.39, 0.29) is 47.5 Å². The lowest BCUT2D eigenvalue weighted by Crippen LogP contribution is -2.53. The number of sulfonamides is 1. The molecular weight excluding hydrogens is 664 g/mol. The molecule has 4 rings (SSSR count). The molecular formula is C32H36N4O12S. The zero-order valence-electron chi connectivity index (χ0n) is 26.7. The summed E-state index contributed by atoms with van der Waals surface area (Å²) >= 11 is 0. The maximum absolute atomic E-state index is 14.0. The topological polar surface area (TPSA) is 207 Å². The third-order valence-electron chi connectivity index (χ3n) is 7.35. The molecule has 1 aliphatic heterocycles. The van der Waals surface area contributed by atoms with Crippen LogP contribution >= 0.6 is 0 Å². The van der Waals surface area contributed by atoms with Gasteiger partial charge in [-0.1, -0.05) is 44.2 Å². The van der Waals surface area contributed by atoms with Crippen LogP contribution in [0.3, 0.4) is 0 Å². The van der Waals surface area contributed by atoms with E-state index in [0.717, 1.165) is 40.7 Å². The summed E-state index contributed by atoms with van der Waals surface area (Å²) in [6.07, 6.45) is -3.46. The second-order valence-electron chi connectivity index (χ2n) is 11.6. The van der Waals surface area contributed by atoms with Crippen molar-refractivity contribution in [2.24, 2.45) is 5.92 Å². The molecule has 17 heteroatoms. The summed E-state index contributed by atoms with van der Waals surface area (Å²) < 4.78 is 50.9. The molecule has 262 valence electrons. The first-order valence-electron chi connectivity index (χ1n) is 15.3. The molecule has 3 aromatic carbocycles. The highest BCUT2D eigenvalue weighted by atomic mass is 32.2. The van der Waals surface area contributed by atoms with Crippen LogP contribution in [0.4, 0.5) is 21.0 Å². The zero-order valence-corrected chi connectivity index (χ0v) is 27.5. The fourth-order valence-corrected chi connectivity index (χ4v) is 6.60. The zero-order chi connectivity index (χ0) is 35.6. The minimum absolute atomic E-state index is 0.0570. The van der Waals surface area contributed by atoms with Gasteiger partial charge >= 0.3 is 12.2 Å². The number of hydrogen-bond donors (Lipinski definition) is 1. The molecule has 1 saturated heterocycles. The second-order valence-corrected chi connectivity index (χ2v) is 13.5. The fraction of sp³-hybridized carbons (Fsp3) is 0.375. The van der Waals surface area contributed by atoms with Gasteiger partial charge in [0, 0.05) is 37.2 Å². The van der Waals surface area contributed by atoms with E-state index in [1.165, 1.54) is 12.1 Å². The standard InChI is InChI=1S/C32H36N4O12S/c1-22(2)19-34(49(43,44)28-14-10-25(11-15-28)36(41)42)20-30(48-32(38)47-26-12-8-24(9-13-26)35(39)40)29(18-23-6-4-3-5-7-23)33-31(37)46-27-16-17-45-21-27/h3-15,22,27,29-30H,16-21H2,1-2H3,(H,33,37)/t27-,29-,30+/m0/s1. The summed E-state index contributed by atoms with van der Waals surface area (Å²) in [7, 11) is -4.34. The van der Waals surface area contributed by atoms with Crippen molar-refractivity contribution in [3.8, 4) is 5.75 Å². The number of ether oxygens (including phenoxy) is 4. The molecule has 49 heavy (non-hydrogen) atoms. The number of benzene rings is 3. The van der Waals surface area contributed by atoms with Gasteiger partial charge in [0.1, 0.15) is 18.0 Å². The molecule has 3 atom stereocenters. The minimum Gasteiger partial charge on any atom is -0.444 e. The molecule has 1 amide bonds. The number of nitrogens with one attached hydrogen (secondary N) is 1. The Hall–Kier alpha value is -5.13. The normalized spacial score (nSPS) is 15.7. The first-order valence-corrected chi connectivity index (χ1v) is 16.7. The third-order valence-corrected chi connectivity index (χ3v) is 9.19. The van der Waals surface area contributed by atoms with Crippen LogP contribution in [0.25, 0.3) is 0 Å². The van der Waals surface area contributed by atoms with Crippen molar-refractivity contribution in [2.75, 3.05) is 26.3 Å². The largest absolute Gasteiger partial charge is 0.514 e. The van der Waals surface area contributed by atoms with Crippen LogP contribution in [-0.4, -0.2) is 79.4 Å². The average molecular weight is 701 g/mol. The average Bonchev–Trinajstić information content (AvgIpc) is 3.57. The van der Waals surface area contributed by atoms with Crippen molar-refractivity contribution >= 4 is 33.6 Å². The first kappa shape index (κ1) is 36.7. The molecule has 0 radical (unpaired) electrons. The molecule has 0 aliphatic carbocycles. The Morgan fingerprint density at radius 2 is 1.55 bits per heavy atom. The number of nitrogens with zero attached hydrogens (tertiary/aromatic N) is 3. The van der Waals surface area contributed by atoms with Gasteiger partial charge in [-0.3, -0.25) is 20.2 Å². The third kappa shape index (κ3) is 10.7. The van der Waals surface area contributed by atoms with Crippen LogP contribution in [0.5, 0.6) is 5.75 Å².